The number of anilines is 1. The number of nitrogens with zero attached hydrogens (tertiary/aromatic N) is 1. The van der Waals surface area contributed by atoms with E-state index in [9.17, 15) is 4.79 Å². The summed E-state index contributed by atoms with van der Waals surface area (Å²) in [4.78, 5) is 14.0. The van der Waals surface area contributed by atoms with Gasteiger partial charge in [-0.3, -0.25) is 0 Å². The summed E-state index contributed by atoms with van der Waals surface area (Å²) in [5.74, 6) is 1.38. The fourth-order valence-electron chi connectivity index (χ4n) is 2.73. The lowest BCUT2D eigenvalue weighted by molar-refractivity contribution is 0.0253. The molecule has 1 aliphatic heterocycles. The smallest absolute Gasteiger partial charge is 0.321 e. The number of hydrogen-bond acceptors (Lipinski definition) is 3. The molecule has 24 heavy (non-hydrogen) atoms. The van der Waals surface area contributed by atoms with Gasteiger partial charge in [0.05, 0.1) is 13.2 Å². The average Bonchev–Trinajstić information content (AvgIpc) is 2.58. The number of benzene rings is 1. The van der Waals surface area contributed by atoms with Crippen LogP contribution in [0.15, 0.2) is 18.2 Å². The van der Waals surface area contributed by atoms with E-state index in [0.717, 1.165) is 56.0 Å². The van der Waals surface area contributed by atoms with Crippen molar-refractivity contribution in [3.05, 3.63) is 23.8 Å². The van der Waals surface area contributed by atoms with E-state index < -0.39 is 0 Å². The maximum absolute atomic E-state index is 12.2. The highest BCUT2D eigenvalue weighted by Crippen LogP contribution is 2.25. The first-order chi connectivity index (χ1) is 11.5. The Morgan fingerprint density at radius 3 is 2.75 bits per heavy atom. The van der Waals surface area contributed by atoms with Crippen LogP contribution in [-0.2, 0) is 4.74 Å². The van der Waals surface area contributed by atoms with Crippen molar-refractivity contribution in [3.63, 3.8) is 0 Å². The van der Waals surface area contributed by atoms with Crippen LogP contribution < -0.4 is 10.1 Å². The second-order valence-electron chi connectivity index (χ2n) is 6.73. The summed E-state index contributed by atoms with van der Waals surface area (Å²) in [5, 5.41) is 2.95. The third kappa shape index (κ3) is 5.41. The molecule has 1 heterocycles. The molecule has 0 unspecified atom stereocenters. The molecular weight excluding hydrogens is 304 g/mol. The van der Waals surface area contributed by atoms with E-state index >= 15 is 0 Å². The lowest BCUT2D eigenvalue weighted by Crippen LogP contribution is -2.34. The molecule has 0 aliphatic carbocycles. The number of aryl methyl sites for hydroxylation is 1. The van der Waals surface area contributed by atoms with Gasteiger partial charge < -0.3 is 19.7 Å². The zero-order valence-corrected chi connectivity index (χ0v) is 15.3. The van der Waals surface area contributed by atoms with Gasteiger partial charge in [-0.05, 0) is 36.6 Å². The number of urea groups is 1. The van der Waals surface area contributed by atoms with Gasteiger partial charge in [-0.1, -0.05) is 20.3 Å². The van der Waals surface area contributed by atoms with Crippen LogP contribution >= 0.6 is 0 Å². The van der Waals surface area contributed by atoms with Crippen molar-refractivity contribution in [3.8, 4) is 5.75 Å². The van der Waals surface area contributed by atoms with Gasteiger partial charge in [-0.2, -0.15) is 0 Å². The lowest BCUT2D eigenvalue weighted by Gasteiger charge is -2.24. The Kier molecular flexibility index (Phi) is 6.91. The van der Waals surface area contributed by atoms with Crippen molar-refractivity contribution in [2.75, 3.05) is 32.1 Å². The molecule has 1 fully saturated rings. The summed E-state index contributed by atoms with van der Waals surface area (Å²) in [7, 11) is 1.83. The molecule has 134 valence electrons. The molecule has 1 aliphatic rings. The van der Waals surface area contributed by atoms with E-state index in [1.54, 1.807) is 4.90 Å². The van der Waals surface area contributed by atoms with Crippen molar-refractivity contribution in [2.24, 2.45) is 5.92 Å². The van der Waals surface area contributed by atoms with Crippen LogP contribution in [0, 0.1) is 12.8 Å². The highest BCUT2D eigenvalue weighted by molar-refractivity contribution is 5.89. The Morgan fingerprint density at radius 1 is 1.42 bits per heavy atom. The zero-order valence-electron chi connectivity index (χ0n) is 15.3. The Labute approximate surface area is 145 Å². The number of nitrogens with one attached hydrogen (secondary N) is 1. The third-order valence-electron chi connectivity index (χ3n) is 4.52. The van der Waals surface area contributed by atoms with Gasteiger partial charge in [-0.15, -0.1) is 0 Å². The predicted molar refractivity (Wildman–Crippen MR) is 96.8 cm³/mol. The summed E-state index contributed by atoms with van der Waals surface area (Å²) < 4.78 is 11.4. The van der Waals surface area contributed by atoms with Gasteiger partial charge >= 0.3 is 6.03 Å². The highest BCUT2D eigenvalue weighted by Gasteiger charge is 2.17. The van der Waals surface area contributed by atoms with Gasteiger partial charge in [0.2, 0.25) is 0 Å². The Morgan fingerprint density at radius 2 is 2.12 bits per heavy atom. The fraction of sp³-hybridized carbons (Fsp3) is 0.632. The number of ether oxygens (including phenoxy) is 2. The van der Waals surface area contributed by atoms with Crippen molar-refractivity contribution in [1.82, 2.24) is 4.90 Å². The molecule has 5 heteroatoms. The van der Waals surface area contributed by atoms with Crippen molar-refractivity contribution >= 4 is 11.7 Å². The van der Waals surface area contributed by atoms with Crippen molar-refractivity contribution in [2.45, 2.75) is 46.1 Å². The fourth-order valence-corrected chi connectivity index (χ4v) is 2.73. The first kappa shape index (κ1) is 18.6. The van der Waals surface area contributed by atoms with Crippen LogP contribution in [-0.4, -0.2) is 43.8 Å². The summed E-state index contributed by atoms with van der Waals surface area (Å²) >= 11 is 0. The van der Waals surface area contributed by atoms with Crippen LogP contribution in [0.25, 0.3) is 0 Å². The summed E-state index contributed by atoms with van der Waals surface area (Å²) in [6, 6.07) is 5.72. The molecule has 1 saturated heterocycles. The minimum absolute atomic E-state index is 0.0761. The van der Waals surface area contributed by atoms with Crippen LogP contribution in [0.4, 0.5) is 10.5 Å². The van der Waals surface area contributed by atoms with Crippen LogP contribution in [0.1, 0.15) is 38.7 Å². The largest absolute Gasteiger partial charge is 0.490 e. The normalized spacial score (nSPS) is 16.5. The molecule has 0 spiro atoms. The van der Waals surface area contributed by atoms with E-state index in [2.05, 4.69) is 19.2 Å². The molecule has 1 aromatic carbocycles. The first-order valence-corrected chi connectivity index (χ1v) is 8.86. The summed E-state index contributed by atoms with van der Waals surface area (Å²) in [6.45, 7) is 8.58. The lowest BCUT2D eigenvalue weighted by atomic mass is 10.1. The number of carbonyl (C=O) groups is 1. The number of hydrogen-bond donors (Lipinski definition) is 1. The minimum Gasteiger partial charge on any atom is -0.490 e. The molecule has 0 bridgehead atoms. The molecule has 1 N–H and O–H groups in total. The van der Waals surface area contributed by atoms with E-state index in [0.29, 0.717) is 5.92 Å². The highest BCUT2D eigenvalue weighted by atomic mass is 16.5. The van der Waals surface area contributed by atoms with Crippen molar-refractivity contribution < 1.29 is 14.3 Å². The standard InChI is InChI=1S/C19H30N2O3/c1-5-14(2)13-21(4)19(22)20-16-6-7-18(15(3)12-16)24-17-8-10-23-11-9-17/h6-7,12,14,17H,5,8-11,13H2,1-4H3,(H,20,22)/t14-/m1/s1. The number of rotatable bonds is 6. The maximum atomic E-state index is 12.2. The Hall–Kier alpha value is -1.75. The van der Waals surface area contributed by atoms with Crippen molar-refractivity contribution in [1.29, 1.82) is 0 Å². The quantitative estimate of drug-likeness (QED) is 0.853. The van der Waals surface area contributed by atoms with E-state index in [1.165, 1.54) is 0 Å². The number of carbonyl (C=O) groups excluding carboxylic acids is 1. The van der Waals surface area contributed by atoms with Gasteiger partial charge in [0.25, 0.3) is 0 Å². The second-order valence-corrected chi connectivity index (χ2v) is 6.73. The van der Waals surface area contributed by atoms with Gasteiger partial charge in [0, 0.05) is 32.1 Å². The number of amides is 2. The molecule has 1 aromatic rings. The van der Waals surface area contributed by atoms with E-state index in [-0.39, 0.29) is 12.1 Å². The predicted octanol–water partition coefficient (Wildman–Crippen LogP) is 4.06. The molecule has 0 aromatic heterocycles. The monoisotopic (exact) mass is 334 g/mol. The second kappa shape index (κ2) is 8.92. The summed E-state index contributed by atoms with van der Waals surface area (Å²) in [6.07, 6.45) is 3.14. The molecule has 0 saturated carbocycles. The minimum atomic E-state index is -0.0761. The molecule has 0 radical (unpaired) electrons. The molecule has 2 amide bonds. The first-order valence-electron chi connectivity index (χ1n) is 8.86. The molecule has 1 atom stereocenters. The van der Waals surface area contributed by atoms with Crippen LogP contribution in [0.3, 0.4) is 0 Å². The molecule has 2 rings (SSSR count). The summed E-state index contributed by atoms with van der Waals surface area (Å²) in [5.41, 5.74) is 1.83. The SMILES string of the molecule is CC[C@@H](C)CN(C)C(=O)Nc1ccc(OC2CCOCC2)c(C)c1. The third-order valence-corrected chi connectivity index (χ3v) is 4.52. The van der Waals surface area contributed by atoms with Gasteiger partial charge in [0.1, 0.15) is 11.9 Å². The Balaban J connectivity index is 1.92. The molecule has 5 nitrogen and oxygen atoms in total. The average molecular weight is 334 g/mol. The zero-order chi connectivity index (χ0) is 17.5. The Bertz CT molecular complexity index is 541. The van der Waals surface area contributed by atoms with Crippen LogP contribution in [0.2, 0.25) is 0 Å². The van der Waals surface area contributed by atoms with Gasteiger partial charge in [0.15, 0.2) is 0 Å². The van der Waals surface area contributed by atoms with E-state index in [4.69, 9.17) is 9.47 Å². The van der Waals surface area contributed by atoms with E-state index in [1.807, 2.05) is 32.2 Å². The molecular formula is C19H30N2O3. The maximum Gasteiger partial charge on any atom is 0.321 e. The van der Waals surface area contributed by atoms with Crippen LogP contribution in [0.5, 0.6) is 5.75 Å². The topological polar surface area (TPSA) is 50.8 Å². The van der Waals surface area contributed by atoms with Gasteiger partial charge in [-0.25, -0.2) is 4.79 Å².